The van der Waals surface area contributed by atoms with Crippen LogP contribution in [0.4, 0.5) is 32.3 Å². The molecule has 5 aromatic carbocycles. The zero-order valence-corrected chi connectivity index (χ0v) is 44.3. The van der Waals surface area contributed by atoms with E-state index in [9.17, 15) is 28.5 Å². The molecule has 0 saturated heterocycles. The summed E-state index contributed by atoms with van der Waals surface area (Å²) in [5.41, 5.74) is 13.8. The van der Waals surface area contributed by atoms with Crippen molar-refractivity contribution < 1.29 is 46.8 Å². The summed E-state index contributed by atoms with van der Waals surface area (Å²) in [4.78, 5) is 68.6. The third kappa shape index (κ3) is 13.6. The second kappa shape index (κ2) is 23.1. The van der Waals surface area contributed by atoms with Gasteiger partial charge in [0.15, 0.2) is 0 Å². The average Bonchev–Trinajstić information content (AvgIpc) is 3.90. The minimum absolute atomic E-state index is 0.0440. The van der Waals surface area contributed by atoms with Crippen molar-refractivity contribution in [2.24, 2.45) is 11.5 Å². The molecule has 0 aromatic heterocycles. The average molecular weight is 1060 g/mol. The van der Waals surface area contributed by atoms with Crippen molar-refractivity contribution in [1.29, 1.82) is 0 Å². The van der Waals surface area contributed by atoms with Gasteiger partial charge in [0.25, 0.3) is 0 Å². The molecule has 6 amide bonds. The van der Waals surface area contributed by atoms with E-state index in [4.69, 9.17) is 53.0 Å². The van der Waals surface area contributed by atoms with Gasteiger partial charge in [-0.1, -0.05) is 60.7 Å². The number of phosphoric acid groups is 1. The molecule has 0 radical (unpaired) electrons. The fourth-order valence-electron chi connectivity index (χ4n) is 9.15. The number of primary amides is 1. The molecular weight excluding hydrogens is 997 g/mol. The number of ether oxygens (including phenoxy) is 1. The molecule has 390 valence electrons. The van der Waals surface area contributed by atoms with E-state index in [1.165, 1.54) is 0 Å². The topological polar surface area (TPSA) is 234 Å². The van der Waals surface area contributed by atoms with E-state index < -0.39 is 37.2 Å². The Labute approximate surface area is 435 Å². The Morgan fingerprint density at radius 2 is 1.25 bits per heavy atom. The Morgan fingerprint density at radius 1 is 0.726 bits per heavy atom. The van der Waals surface area contributed by atoms with Crippen LogP contribution in [0.3, 0.4) is 0 Å². The molecule has 20 heteroatoms. The minimum atomic E-state index is -4.23. The number of hydrogen-bond acceptors (Lipinski definition) is 11. The molecule has 2 aliphatic heterocycles. The molecule has 0 saturated carbocycles. The number of carbonyl (C=O) groups is 5. The third-order valence-electron chi connectivity index (χ3n) is 12.2. The van der Waals surface area contributed by atoms with E-state index in [1.807, 2.05) is 48.5 Å². The first-order chi connectivity index (χ1) is 34.6. The number of amides is 6. The third-order valence-corrected chi connectivity index (χ3v) is 14.9. The van der Waals surface area contributed by atoms with Gasteiger partial charge in [0.1, 0.15) is 12.4 Å². The van der Waals surface area contributed by atoms with E-state index >= 15 is 0 Å². The van der Waals surface area contributed by atoms with Crippen molar-refractivity contribution in [1.82, 2.24) is 5.32 Å². The molecule has 7 N–H and O–H groups in total. The van der Waals surface area contributed by atoms with Crippen molar-refractivity contribution >= 4 is 105 Å². The Hall–Kier alpha value is -5.94. The van der Waals surface area contributed by atoms with Crippen LogP contribution in [-0.4, -0.2) is 78.5 Å². The number of fused-ring (bicyclic) bond motifs is 6. The highest BCUT2D eigenvalue weighted by atomic mass is 35.5. The highest BCUT2D eigenvalue weighted by molar-refractivity contribution is 7.49. The number of hydrogen-bond donors (Lipinski definition) is 5. The normalized spacial score (nSPS) is 16.0. The molecule has 0 spiro atoms. The van der Waals surface area contributed by atoms with E-state index in [2.05, 4.69) is 16.0 Å². The largest absolute Gasteiger partial charge is 0.531 e. The fourth-order valence-corrected chi connectivity index (χ4v) is 11.5. The molecule has 0 aliphatic carbocycles. The summed E-state index contributed by atoms with van der Waals surface area (Å²) in [5, 5.41) is 11.1. The number of phosphoric ester groups is 1. The number of urea groups is 1. The van der Waals surface area contributed by atoms with Crippen LogP contribution >= 0.6 is 31.0 Å². The predicted octanol–water partition coefficient (Wildman–Crippen LogP) is 10.8. The Kier molecular flexibility index (Phi) is 17.3. The summed E-state index contributed by atoms with van der Waals surface area (Å²) in [6.45, 7) is 11.4. The standard InChI is InChI=1S/C53H64Cl2N7O10P/c1-52(2,3)71-73(68,72-53(4,5)6)70-44-26-43-48(39-16-10-8-14-37(39)44)34(28-55)30-62(43)46(64)19-11-18-45(63)61-29-33(27-54)47-38-15-9-7-13-36(38)41(25-42(47)61)60-51(67)69-31-32-20-22-35(23-21-32)59-49(65)40(56)17-12-24-58-50(57)66/h7-10,13-16,20-23,25-26,33-34,40H,11-12,17-19,24,27-31,56H2,1-6H3,(H,59,65)(H,60,67)(H3,57,58,66)/t33-,34-,40+/m1/s1. The number of halogens is 2. The van der Waals surface area contributed by atoms with E-state index in [0.29, 0.717) is 66.2 Å². The Bertz CT molecular complexity index is 2910. The molecule has 17 nitrogen and oxygen atoms in total. The number of nitrogens with two attached hydrogens (primary N) is 2. The van der Waals surface area contributed by atoms with Crippen LogP contribution in [0.2, 0.25) is 0 Å². The van der Waals surface area contributed by atoms with Gasteiger partial charge in [-0.3, -0.25) is 28.7 Å². The lowest BCUT2D eigenvalue weighted by Crippen LogP contribution is -2.37. The SMILES string of the molecule is CC(C)(C)OP(=O)(Oc1cc2c(c3ccccc13)[C@H](CCl)CN2C(=O)CCCC(=O)N1C[C@@H](CCl)c2c1cc(NC(=O)OCc1ccc(NC(=O)[C@@H](N)CCCNC(N)=O)cc1)c1ccccc21)OC(C)(C)C. The number of alkyl halides is 2. The van der Waals surface area contributed by atoms with E-state index in [0.717, 1.165) is 27.3 Å². The Balaban J connectivity index is 1.02. The number of anilines is 4. The van der Waals surface area contributed by atoms with Gasteiger partial charge >= 0.3 is 19.9 Å². The van der Waals surface area contributed by atoms with Gasteiger partial charge in [-0.25, -0.2) is 14.2 Å². The zero-order valence-electron chi connectivity index (χ0n) is 41.9. The molecule has 0 fully saturated rings. The lowest BCUT2D eigenvalue weighted by molar-refractivity contribution is -0.120. The van der Waals surface area contributed by atoms with Gasteiger partial charge in [-0.05, 0) is 106 Å². The van der Waals surface area contributed by atoms with Gasteiger partial charge in [0.05, 0.1) is 28.6 Å². The van der Waals surface area contributed by atoms with E-state index in [-0.39, 0.29) is 72.9 Å². The summed E-state index contributed by atoms with van der Waals surface area (Å²) >= 11 is 13.1. The van der Waals surface area contributed by atoms with Crippen LogP contribution in [0.15, 0.2) is 84.9 Å². The molecule has 2 heterocycles. The van der Waals surface area contributed by atoms with Crippen LogP contribution in [0.5, 0.6) is 5.75 Å². The van der Waals surface area contributed by atoms with Crippen molar-refractivity contribution in [2.75, 3.05) is 51.8 Å². The number of carbonyl (C=O) groups excluding carboxylic acids is 5. The van der Waals surface area contributed by atoms with Crippen LogP contribution in [0, 0.1) is 0 Å². The molecular formula is C53H64Cl2N7O10P. The smallest absolute Gasteiger partial charge is 0.444 e. The van der Waals surface area contributed by atoms with Gasteiger partial charge < -0.3 is 41.2 Å². The van der Waals surface area contributed by atoms with Crippen molar-refractivity contribution in [3.8, 4) is 5.75 Å². The molecule has 5 aromatic rings. The molecule has 73 heavy (non-hydrogen) atoms. The van der Waals surface area contributed by atoms with Gasteiger partial charge in [-0.2, -0.15) is 0 Å². The highest BCUT2D eigenvalue weighted by Gasteiger charge is 2.41. The van der Waals surface area contributed by atoms with Gasteiger partial charge in [0, 0.05) is 84.3 Å². The summed E-state index contributed by atoms with van der Waals surface area (Å²) in [5.74, 6) is -0.491. The van der Waals surface area contributed by atoms with Crippen molar-refractivity contribution in [3.05, 3.63) is 102 Å². The Morgan fingerprint density at radius 3 is 1.78 bits per heavy atom. The lowest BCUT2D eigenvalue weighted by atomic mass is 9.95. The maximum absolute atomic E-state index is 14.4. The molecule has 0 bridgehead atoms. The predicted molar refractivity (Wildman–Crippen MR) is 287 cm³/mol. The van der Waals surface area contributed by atoms with Gasteiger partial charge in [0.2, 0.25) is 17.7 Å². The second-order valence-corrected chi connectivity index (χ2v) is 22.3. The van der Waals surface area contributed by atoms with Crippen molar-refractivity contribution in [3.63, 3.8) is 0 Å². The zero-order chi connectivity index (χ0) is 52.8. The second-order valence-electron chi connectivity index (χ2n) is 20.2. The molecule has 0 unspecified atom stereocenters. The highest BCUT2D eigenvalue weighted by Crippen LogP contribution is 2.57. The molecule has 3 atom stereocenters. The molecule has 2 aliphatic rings. The summed E-state index contributed by atoms with van der Waals surface area (Å²) in [7, 11) is -4.23. The first kappa shape index (κ1) is 54.8. The first-order valence-electron chi connectivity index (χ1n) is 24.2. The summed E-state index contributed by atoms with van der Waals surface area (Å²) in [6, 6.07) is 23.9. The molecule has 7 rings (SSSR count). The monoisotopic (exact) mass is 1060 g/mol. The van der Waals surface area contributed by atoms with Crippen LogP contribution in [0.1, 0.15) is 102 Å². The van der Waals surface area contributed by atoms with E-state index in [1.54, 1.807) is 87.7 Å². The van der Waals surface area contributed by atoms with Crippen LogP contribution in [0.25, 0.3) is 21.5 Å². The fraction of sp³-hybridized carbons (Fsp3) is 0.415. The summed E-state index contributed by atoms with van der Waals surface area (Å²) in [6.07, 6.45) is 0.431. The van der Waals surface area contributed by atoms with Crippen molar-refractivity contribution in [2.45, 2.75) is 109 Å². The maximum Gasteiger partial charge on any atom is 0.531 e. The van der Waals surface area contributed by atoms with Gasteiger partial charge in [-0.15, -0.1) is 23.2 Å². The lowest BCUT2D eigenvalue weighted by Gasteiger charge is -2.31. The summed E-state index contributed by atoms with van der Waals surface area (Å²) < 4.78 is 38.1. The van der Waals surface area contributed by atoms with Crippen LogP contribution in [-0.2, 0) is 39.3 Å². The first-order valence-corrected chi connectivity index (χ1v) is 26.8. The number of nitrogens with one attached hydrogen (secondary N) is 3. The maximum atomic E-state index is 14.4. The quantitative estimate of drug-likeness (QED) is 0.0296. The minimum Gasteiger partial charge on any atom is -0.444 e. The van der Waals surface area contributed by atoms with Crippen LogP contribution < -0.4 is 41.7 Å². The number of benzene rings is 5. The number of rotatable bonds is 19. The number of nitrogens with zero attached hydrogens (tertiary/aromatic N) is 2.